The molecular weight excluding hydrogens is 258 g/mol. The Morgan fingerprint density at radius 3 is 2.35 bits per heavy atom. The molecule has 0 radical (unpaired) electrons. The molecule has 1 rings (SSSR count). The van der Waals surface area contributed by atoms with E-state index in [4.69, 9.17) is 14.2 Å². The molecule has 6 heteroatoms. The predicted molar refractivity (Wildman–Crippen MR) is 76.4 cm³/mol. The summed E-state index contributed by atoms with van der Waals surface area (Å²) >= 11 is 0. The van der Waals surface area contributed by atoms with Crippen LogP contribution in [-0.4, -0.2) is 48.0 Å². The molecule has 1 aromatic heterocycles. The SMILES string of the molecule is CCC(C)CCOCCOCCOCc1cn(C)nn1. The van der Waals surface area contributed by atoms with Crippen LogP contribution in [-0.2, 0) is 27.9 Å². The zero-order valence-corrected chi connectivity index (χ0v) is 12.9. The van der Waals surface area contributed by atoms with Gasteiger partial charge in [-0.15, -0.1) is 5.10 Å². The van der Waals surface area contributed by atoms with Gasteiger partial charge in [-0.3, -0.25) is 4.68 Å². The second-order valence-electron chi connectivity index (χ2n) is 4.96. The Morgan fingerprint density at radius 2 is 1.75 bits per heavy atom. The first-order chi connectivity index (χ1) is 9.72. The summed E-state index contributed by atoms with van der Waals surface area (Å²) in [4.78, 5) is 0. The second-order valence-corrected chi connectivity index (χ2v) is 4.96. The lowest BCUT2D eigenvalue weighted by Gasteiger charge is -2.09. The summed E-state index contributed by atoms with van der Waals surface area (Å²) in [5.41, 5.74) is 0.834. The third kappa shape index (κ3) is 8.24. The molecule has 116 valence electrons. The quantitative estimate of drug-likeness (QED) is 0.548. The number of hydrogen-bond acceptors (Lipinski definition) is 5. The Morgan fingerprint density at radius 1 is 1.10 bits per heavy atom. The summed E-state index contributed by atoms with van der Waals surface area (Å²) in [7, 11) is 1.83. The Bertz CT molecular complexity index is 344. The molecule has 0 bridgehead atoms. The van der Waals surface area contributed by atoms with E-state index >= 15 is 0 Å². The van der Waals surface area contributed by atoms with E-state index < -0.39 is 0 Å². The van der Waals surface area contributed by atoms with Crippen LogP contribution in [0.5, 0.6) is 0 Å². The Labute approximate surface area is 121 Å². The van der Waals surface area contributed by atoms with Crippen LogP contribution < -0.4 is 0 Å². The number of rotatable bonds is 12. The smallest absolute Gasteiger partial charge is 0.108 e. The molecule has 0 aliphatic heterocycles. The van der Waals surface area contributed by atoms with Gasteiger partial charge < -0.3 is 14.2 Å². The fraction of sp³-hybridized carbons (Fsp3) is 0.857. The highest BCUT2D eigenvalue weighted by atomic mass is 16.5. The van der Waals surface area contributed by atoms with Crippen molar-refractivity contribution in [1.82, 2.24) is 15.0 Å². The van der Waals surface area contributed by atoms with E-state index in [1.807, 2.05) is 13.2 Å². The molecule has 0 aliphatic carbocycles. The number of ether oxygens (including phenoxy) is 3. The van der Waals surface area contributed by atoms with Crippen LogP contribution in [0.2, 0.25) is 0 Å². The number of hydrogen-bond donors (Lipinski definition) is 0. The number of aryl methyl sites for hydroxylation is 1. The third-order valence-electron chi connectivity index (χ3n) is 3.10. The van der Waals surface area contributed by atoms with Crippen LogP contribution in [0.25, 0.3) is 0 Å². The van der Waals surface area contributed by atoms with Crippen LogP contribution in [0.15, 0.2) is 6.20 Å². The zero-order chi connectivity index (χ0) is 14.6. The van der Waals surface area contributed by atoms with Crippen LogP contribution in [0.3, 0.4) is 0 Å². The van der Waals surface area contributed by atoms with Gasteiger partial charge in [0, 0.05) is 13.7 Å². The average molecular weight is 285 g/mol. The van der Waals surface area contributed by atoms with Crippen LogP contribution in [0, 0.1) is 5.92 Å². The summed E-state index contributed by atoms with van der Waals surface area (Å²) in [6, 6.07) is 0. The van der Waals surface area contributed by atoms with Crippen molar-refractivity contribution >= 4 is 0 Å². The van der Waals surface area contributed by atoms with Crippen molar-refractivity contribution in [3.05, 3.63) is 11.9 Å². The first kappa shape index (κ1) is 17.1. The molecule has 0 fully saturated rings. The van der Waals surface area contributed by atoms with E-state index in [1.54, 1.807) is 4.68 Å². The first-order valence-electron chi connectivity index (χ1n) is 7.30. The second kappa shape index (κ2) is 10.8. The standard InChI is InChI=1S/C14H27N3O3/c1-4-13(2)5-6-18-7-8-19-9-10-20-12-14-11-17(3)16-15-14/h11,13H,4-10,12H2,1-3H3. The molecule has 1 unspecified atom stereocenters. The third-order valence-corrected chi connectivity index (χ3v) is 3.10. The monoisotopic (exact) mass is 285 g/mol. The van der Waals surface area contributed by atoms with Gasteiger partial charge in [-0.1, -0.05) is 25.5 Å². The van der Waals surface area contributed by atoms with Crippen molar-refractivity contribution in [2.75, 3.05) is 33.0 Å². The Balaban J connectivity index is 1.81. The van der Waals surface area contributed by atoms with Crippen molar-refractivity contribution in [3.8, 4) is 0 Å². The Kier molecular flexibility index (Phi) is 9.19. The largest absolute Gasteiger partial charge is 0.379 e. The highest BCUT2D eigenvalue weighted by molar-refractivity contribution is 4.88. The number of nitrogens with zero attached hydrogens (tertiary/aromatic N) is 3. The molecule has 0 aromatic carbocycles. The molecule has 0 aliphatic rings. The Hall–Kier alpha value is -0.980. The van der Waals surface area contributed by atoms with Gasteiger partial charge >= 0.3 is 0 Å². The van der Waals surface area contributed by atoms with Gasteiger partial charge in [-0.05, 0) is 12.3 Å². The maximum atomic E-state index is 5.50. The van der Waals surface area contributed by atoms with Crippen LogP contribution >= 0.6 is 0 Å². The summed E-state index contributed by atoms with van der Waals surface area (Å²) < 4.78 is 18.0. The molecule has 1 atom stereocenters. The highest BCUT2D eigenvalue weighted by Gasteiger charge is 1.99. The van der Waals surface area contributed by atoms with Crippen molar-refractivity contribution in [1.29, 1.82) is 0 Å². The average Bonchev–Trinajstić information content (AvgIpc) is 2.86. The zero-order valence-electron chi connectivity index (χ0n) is 12.9. The maximum Gasteiger partial charge on any atom is 0.108 e. The predicted octanol–water partition coefficient (Wildman–Crippen LogP) is 1.80. The molecule has 1 heterocycles. The van der Waals surface area contributed by atoms with Gasteiger partial charge in [0.05, 0.1) is 39.2 Å². The normalized spacial score (nSPS) is 12.8. The lowest BCUT2D eigenvalue weighted by atomic mass is 10.1. The van der Waals surface area contributed by atoms with Crippen molar-refractivity contribution in [2.24, 2.45) is 13.0 Å². The molecule has 20 heavy (non-hydrogen) atoms. The minimum absolute atomic E-state index is 0.475. The fourth-order valence-electron chi connectivity index (χ4n) is 1.57. The minimum Gasteiger partial charge on any atom is -0.379 e. The van der Waals surface area contributed by atoms with Gasteiger partial charge in [-0.2, -0.15) is 0 Å². The molecule has 0 amide bonds. The summed E-state index contributed by atoms with van der Waals surface area (Å²) in [6.45, 7) is 8.15. The van der Waals surface area contributed by atoms with E-state index in [-0.39, 0.29) is 0 Å². The molecule has 1 aromatic rings. The van der Waals surface area contributed by atoms with E-state index in [0.717, 1.165) is 24.6 Å². The molecule has 0 spiro atoms. The van der Waals surface area contributed by atoms with Crippen LogP contribution in [0.4, 0.5) is 0 Å². The van der Waals surface area contributed by atoms with E-state index in [1.165, 1.54) is 6.42 Å². The van der Waals surface area contributed by atoms with E-state index in [0.29, 0.717) is 33.0 Å². The maximum absolute atomic E-state index is 5.50. The van der Waals surface area contributed by atoms with Crippen LogP contribution in [0.1, 0.15) is 32.4 Å². The topological polar surface area (TPSA) is 58.4 Å². The van der Waals surface area contributed by atoms with Gasteiger partial charge in [0.15, 0.2) is 0 Å². The summed E-state index contributed by atoms with van der Waals surface area (Å²) in [6.07, 6.45) is 4.17. The molecule has 6 nitrogen and oxygen atoms in total. The van der Waals surface area contributed by atoms with Gasteiger partial charge in [0.25, 0.3) is 0 Å². The summed E-state index contributed by atoms with van der Waals surface area (Å²) in [5, 5.41) is 7.76. The van der Waals surface area contributed by atoms with E-state index in [9.17, 15) is 0 Å². The van der Waals surface area contributed by atoms with Gasteiger partial charge in [0.2, 0.25) is 0 Å². The minimum atomic E-state index is 0.475. The summed E-state index contributed by atoms with van der Waals surface area (Å²) in [5.74, 6) is 0.741. The molecule has 0 saturated heterocycles. The fourth-order valence-corrected chi connectivity index (χ4v) is 1.57. The lowest BCUT2D eigenvalue weighted by molar-refractivity contribution is 0.00824. The first-order valence-corrected chi connectivity index (χ1v) is 7.30. The molecule has 0 saturated carbocycles. The van der Waals surface area contributed by atoms with Gasteiger partial charge in [-0.25, -0.2) is 0 Å². The van der Waals surface area contributed by atoms with E-state index in [2.05, 4.69) is 24.2 Å². The highest BCUT2D eigenvalue weighted by Crippen LogP contribution is 2.05. The lowest BCUT2D eigenvalue weighted by Crippen LogP contribution is -2.10. The number of aromatic nitrogens is 3. The molecular formula is C14H27N3O3. The van der Waals surface area contributed by atoms with Crippen molar-refractivity contribution < 1.29 is 14.2 Å². The van der Waals surface area contributed by atoms with Gasteiger partial charge in [0.1, 0.15) is 5.69 Å². The van der Waals surface area contributed by atoms with Crippen molar-refractivity contribution in [3.63, 3.8) is 0 Å². The van der Waals surface area contributed by atoms with Crippen molar-refractivity contribution in [2.45, 2.75) is 33.3 Å². The molecule has 0 N–H and O–H groups in total.